The van der Waals surface area contributed by atoms with Crippen molar-refractivity contribution in [2.75, 3.05) is 11.4 Å². The quantitative estimate of drug-likeness (QED) is 0.920. The number of carboxylic acids is 1. The molecule has 0 unspecified atom stereocenters. The fourth-order valence-corrected chi connectivity index (χ4v) is 2.54. The summed E-state index contributed by atoms with van der Waals surface area (Å²) in [5, 5.41) is 12.5. The number of anilines is 1. The zero-order valence-electron chi connectivity index (χ0n) is 10.3. The zero-order chi connectivity index (χ0) is 13.8. The van der Waals surface area contributed by atoms with Crippen LogP contribution in [0.15, 0.2) is 29.6 Å². The normalized spacial score (nSPS) is 10.4. The van der Waals surface area contributed by atoms with Gasteiger partial charge in [-0.3, -0.25) is 4.79 Å². The molecule has 19 heavy (non-hydrogen) atoms. The fraction of sp³-hybridized carbons (Fsp3) is 0.231. The summed E-state index contributed by atoms with van der Waals surface area (Å²) >= 11 is 7.50. The smallest absolute Gasteiger partial charge is 0.323 e. The van der Waals surface area contributed by atoms with Gasteiger partial charge in [-0.2, -0.15) is 0 Å². The number of aryl methyl sites for hydroxylation is 1. The third-order valence-corrected chi connectivity index (χ3v) is 3.58. The third-order valence-electron chi connectivity index (χ3n) is 2.52. The summed E-state index contributed by atoms with van der Waals surface area (Å²) in [5.74, 6) is -0.882. The lowest BCUT2D eigenvalue weighted by atomic mass is 10.2. The van der Waals surface area contributed by atoms with Crippen molar-refractivity contribution in [2.45, 2.75) is 13.5 Å². The average Bonchev–Trinajstić information content (AvgIpc) is 2.73. The summed E-state index contributed by atoms with van der Waals surface area (Å²) in [6.07, 6.45) is 0. The Hall–Kier alpha value is -1.59. The van der Waals surface area contributed by atoms with E-state index in [1.54, 1.807) is 34.4 Å². The van der Waals surface area contributed by atoms with Gasteiger partial charge in [-0.15, -0.1) is 11.3 Å². The molecule has 100 valence electrons. The number of rotatable bonds is 5. The maximum absolute atomic E-state index is 11.0. The molecule has 0 saturated carbocycles. The van der Waals surface area contributed by atoms with Crippen molar-refractivity contribution < 1.29 is 9.90 Å². The molecule has 0 aliphatic rings. The standard InChI is InChI=1S/C13H13ClN2O2S/c1-9-15-11(8-19-9)6-16(7-13(17)18)12-4-2-3-10(14)5-12/h2-5,8H,6-7H2,1H3,(H,17,18). The van der Waals surface area contributed by atoms with Gasteiger partial charge in [0.1, 0.15) is 6.54 Å². The number of carbonyl (C=O) groups is 1. The van der Waals surface area contributed by atoms with Gasteiger partial charge in [0.25, 0.3) is 0 Å². The van der Waals surface area contributed by atoms with Crippen molar-refractivity contribution >= 4 is 34.6 Å². The van der Waals surface area contributed by atoms with E-state index in [4.69, 9.17) is 16.7 Å². The first-order valence-corrected chi connectivity index (χ1v) is 6.93. The minimum absolute atomic E-state index is 0.0864. The van der Waals surface area contributed by atoms with Crippen LogP contribution in [0.3, 0.4) is 0 Å². The van der Waals surface area contributed by atoms with E-state index in [1.165, 1.54) is 0 Å². The maximum Gasteiger partial charge on any atom is 0.323 e. The lowest BCUT2D eigenvalue weighted by Gasteiger charge is -2.22. The minimum Gasteiger partial charge on any atom is -0.480 e. The summed E-state index contributed by atoms with van der Waals surface area (Å²) in [7, 11) is 0. The first kappa shape index (κ1) is 13.8. The summed E-state index contributed by atoms with van der Waals surface area (Å²) in [5.41, 5.74) is 1.64. The highest BCUT2D eigenvalue weighted by molar-refractivity contribution is 7.09. The van der Waals surface area contributed by atoms with Crippen LogP contribution in [0.1, 0.15) is 10.7 Å². The zero-order valence-corrected chi connectivity index (χ0v) is 11.9. The first-order valence-electron chi connectivity index (χ1n) is 5.68. The summed E-state index contributed by atoms with van der Waals surface area (Å²) < 4.78 is 0. The Labute approximate surface area is 120 Å². The van der Waals surface area contributed by atoms with Crippen LogP contribution in [0.25, 0.3) is 0 Å². The second kappa shape index (κ2) is 6.04. The minimum atomic E-state index is -0.882. The van der Waals surface area contributed by atoms with Gasteiger partial charge in [-0.1, -0.05) is 17.7 Å². The Kier molecular flexibility index (Phi) is 4.39. The van der Waals surface area contributed by atoms with Crippen LogP contribution in [0.4, 0.5) is 5.69 Å². The van der Waals surface area contributed by atoms with Crippen LogP contribution in [0, 0.1) is 6.92 Å². The average molecular weight is 297 g/mol. The molecule has 2 rings (SSSR count). The van der Waals surface area contributed by atoms with E-state index in [2.05, 4.69) is 4.98 Å². The van der Waals surface area contributed by atoms with Crippen LogP contribution in [0.5, 0.6) is 0 Å². The molecule has 0 aliphatic heterocycles. The molecular formula is C13H13ClN2O2S. The molecule has 0 radical (unpaired) electrons. The number of hydrogen-bond donors (Lipinski definition) is 1. The van der Waals surface area contributed by atoms with Gasteiger partial charge >= 0.3 is 5.97 Å². The fourth-order valence-electron chi connectivity index (χ4n) is 1.75. The van der Waals surface area contributed by atoms with Gasteiger partial charge in [-0.05, 0) is 25.1 Å². The molecule has 0 spiro atoms. The molecule has 0 saturated heterocycles. The maximum atomic E-state index is 11.0. The van der Waals surface area contributed by atoms with Crippen LogP contribution in [-0.4, -0.2) is 22.6 Å². The number of halogens is 1. The van der Waals surface area contributed by atoms with E-state index < -0.39 is 5.97 Å². The summed E-state index contributed by atoms with van der Waals surface area (Å²) in [4.78, 5) is 17.1. The van der Waals surface area contributed by atoms with E-state index in [1.807, 2.05) is 18.4 Å². The predicted molar refractivity (Wildman–Crippen MR) is 77.0 cm³/mol. The predicted octanol–water partition coefficient (Wildman–Crippen LogP) is 3.20. The number of aromatic nitrogens is 1. The lowest BCUT2D eigenvalue weighted by molar-refractivity contribution is -0.135. The monoisotopic (exact) mass is 296 g/mol. The molecule has 4 nitrogen and oxygen atoms in total. The van der Waals surface area contributed by atoms with Crippen LogP contribution in [0.2, 0.25) is 5.02 Å². The molecule has 1 aromatic carbocycles. The Bertz CT molecular complexity index is 586. The molecule has 0 amide bonds. The van der Waals surface area contributed by atoms with Gasteiger partial charge in [0.15, 0.2) is 0 Å². The van der Waals surface area contributed by atoms with Gasteiger partial charge < -0.3 is 10.0 Å². The molecule has 0 atom stereocenters. The Morgan fingerprint density at radius 3 is 2.89 bits per heavy atom. The number of thiazole rings is 1. The number of benzene rings is 1. The van der Waals surface area contributed by atoms with Crippen LogP contribution < -0.4 is 4.90 Å². The highest BCUT2D eigenvalue weighted by Crippen LogP contribution is 2.21. The molecule has 0 aliphatic carbocycles. The van der Waals surface area contributed by atoms with Gasteiger partial charge in [0.05, 0.1) is 17.2 Å². The van der Waals surface area contributed by atoms with E-state index >= 15 is 0 Å². The van der Waals surface area contributed by atoms with Gasteiger partial charge in [0, 0.05) is 16.1 Å². The Balaban J connectivity index is 2.22. The Morgan fingerprint density at radius 1 is 1.53 bits per heavy atom. The third kappa shape index (κ3) is 3.94. The highest BCUT2D eigenvalue weighted by atomic mass is 35.5. The largest absolute Gasteiger partial charge is 0.480 e. The second-order valence-corrected chi connectivity index (χ2v) is 5.59. The van der Waals surface area contributed by atoms with Crippen molar-refractivity contribution in [2.24, 2.45) is 0 Å². The number of aliphatic carboxylic acids is 1. The van der Waals surface area contributed by atoms with Crippen molar-refractivity contribution in [1.29, 1.82) is 0 Å². The summed E-state index contributed by atoms with van der Waals surface area (Å²) in [6, 6.07) is 7.16. The molecule has 1 heterocycles. The van der Waals surface area contributed by atoms with Gasteiger partial charge in [0.2, 0.25) is 0 Å². The molecule has 6 heteroatoms. The van der Waals surface area contributed by atoms with Crippen LogP contribution in [-0.2, 0) is 11.3 Å². The lowest BCUT2D eigenvalue weighted by Crippen LogP contribution is -2.29. The summed E-state index contributed by atoms with van der Waals surface area (Å²) in [6.45, 7) is 2.29. The van der Waals surface area contributed by atoms with E-state index in [0.29, 0.717) is 11.6 Å². The van der Waals surface area contributed by atoms with Gasteiger partial charge in [-0.25, -0.2) is 4.98 Å². The first-order chi connectivity index (χ1) is 9.04. The molecule has 1 N–H and O–H groups in total. The van der Waals surface area contributed by atoms with E-state index in [0.717, 1.165) is 16.4 Å². The molecule has 0 fully saturated rings. The van der Waals surface area contributed by atoms with Crippen molar-refractivity contribution in [1.82, 2.24) is 4.98 Å². The molecule has 1 aromatic heterocycles. The van der Waals surface area contributed by atoms with Crippen molar-refractivity contribution in [3.8, 4) is 0 Å². The SMILES string of the molecule is Cc1nc(CN(CC(=O)O)c2cccc(Cl)c2)cs1. The molecule has 2 aromatic rings. The second-order valence-electron chi connectivity index (χ2n) is 4.09. The van der Waals surface area contributed by atoms with Crippen LogP contribution >= 0.6 is 22.9 Å². The van der Waals surface area contributed by atoms with E-state index in [-0.39, 0.29) is 6.54 Å². The highest BCUT2D eigenvalue weighted by Gasteiger charge is 2.13. The molecule has 0 bridgehead atoms. The number of nitrogens with zero attached hydrogens (tertiary/aromatic N) is 2. The number of carboxylic acid groups (broad SMARTS) is 1. The molecular weight excluding hydrogens is 284 g/mol. The Morgan fingerprint density at radius 2 is 2.32 bits per heavy atom. The van der Waals surface area contributed by atoms with Crippen molar-refractivity contribution in [3.63, 3.8) is 0 Å². The topological polar surface area (TPSA) is 53.4 Å². The van der Waals surface area contributed by atoms with Crippen molar-refractivity contribution in [3.05, 3.63) is 45.4 Å². The number of hydrogen-bond acceptors (Lipinski definition) is 4. The van der Waals surface area contributed by atoms with E-state index in [9.17, 15) is 4.79 Å².